The van der Waals surface area contributed by atoms with Crippen LogP contribution in [0.25, 0.3) is 0 Å². The molecule has 0 amide bonds. The molecule has 0 spiro atoms. The van der Waals surface area contributed by atoms with E-state index in [9.17, 15) is 0 Å². The predicted molar refractivity (Wildman–Crippen MR) is 48.2 cm³/mol. The van der Waals surface area contributed by atoms with E-state index in [1.807, 2.05) is 19.4 Å². The van der Waals surface area contributed by atoms with Crippen LogP contribution in [-0.2, 0) is 0 Å². The molecule has 0 aliphatic carbocycles. The zero-order valence-corrected chi connectivity index (χ0v) is 8.19. The summed E-state index contributed by atoms with van der Waals surface area (Å²) in [6.07, 6.45) is 3.90. The van der Waals surface area contributed by atoms with Gasteiger partial charge in [-0.05, 0) is 13.2 Å². The Labute approximate surface area is 73.8 Å². The smallest absolute Gasteiger partial charge is 0.111 e. The van der Waals surface area contributed by atoms with Crippen molar-refractivity contribution in [3.05, 3.63) is 11.2 Å². The summed E-state index contributed by atoms with van der Waals surface area (Å²) in [4.78, 5) is 4.15. The third-order valence-electron chi connectivity index (χ3n) is 1.04. The molecule has 10 heavy (non-hydrogen) atoms. The summed E-state index contributed by atoms with van der Waals surface area (Å²) in [6, 6.07) is 0. The third kappa shape index (κ3) is 1.87. The Balaban J connectivity index is 2.78. The fraction of sp³-hybridized carbons (Fsp3) is 0.500. The van der Waals surface area contributed by atoms with Crippen molar-refractivity contribution in [2.45, 2.75) is 16.5 Å². The molecule has 0 aliphatic rings. The SMILES string of the molecule is CSc1cnc(C(C)Cl)s1. The fourth-order valence-corrected chi connectivity index (χ4v) is 2.07. The van der Waals surface area contributed by atoms with E-state index >= 15 is 0 Å². The molecule has 0 radical (unpaired) electrons. The first-order valence-electron chi connectivity index (χ1n) is 2.88. The molecule has 0 saturated heterocycles. The number of hydrogen-bond acceptors (Lipinski definition) is 3. The number of nitrogens with zero attached hydrogens (tertiary/aromatic N) is 1. The van der Waals surface area contributed by atoms with Crippen molar-refractivity contribution in [2.75, 3.05) is 6.26 Å². The lowest BCUT2D eigenvalue weighted by atomic mass is 10.5. The van der Waals surface area contributed by atoms with Gasteiger partial charge in [-0.1, -0.05) is 0 Å². The lowest BCUT2D eigenvalue weighted by Gasteiger charge is -1.92. The maximum atomic E-state index is 5.81. The number of thiazole rings is 1. The molecule has 0 N–H and O–H groups in total. The summed E-state index contributed by atoms with van der Waals surface area (Å²) >= 11 is 9.18. The summed E-state index contributed by atoms with van der Waals surface area (Å²) in [5.74, 6) is 0. The van der Waals surface area contributed by atoms with Gasteiger partial charge in [0.15, 0.2) is 0 Å². The van der Waals surface area contributed by atoms with Crippen LogP contribution in [0.5, 0.6) is 0 Å². The number of hydrogen-bond donors (Lipinski definition) is 0. The van der Waals surface area contributed by atoms with Crippen molar-refractivity contribution in [2.24, 2.45) is 0 Å². The van der Waals surface area contributed by atoms with Crippen LogP contribution < -0.4 is 0 Å². The average Bonchev–Trinajstić information content (AvgIpc) is 2.34. The van der Waals surface area contributed by atoms with Gasteiger partial charge in [0.1, 0.15) is 5.01 Å². The third-order valence-corrected chi connectivity index (χ3v) is 3.61. The summed E-state index contributed by atoms with van der Waals surface area (Å²) in [5.41, 5.74) is 0. The lowest BCUT2D eigenvalue weighted by Crippen LogP contribution is -1.78. The summed E-state index contributed by atoms with van der Waals surface area (Å²) < 4.78 is 1.22. The number of thioether (sulfide) groups is 1. The van der Waals surface area contributed by atoms with Crippen molar-refractivity contribution < 1.29 is 0 Å². The van der Waals surface area contributed by atoms with Crippen LogP contribution in [0.4, 0.5) is 0 Å². The molecule has 0 saturated carbocycles. The van der Waals surface area contributed by atoms with Gasteiger partial charge in [-0.2, -0.15) is 0 Å². The first-order valence-corrected chi connectivity index (χ1v) is 5.35. The molecule has 56 valence electrons. The van der Waals surface area contributed by atoms with E-state index in [0.29, 0.717) is 0 Å². The van der Waals surface area contributed by atoms with E-state index in [1.54, 1.807) is 23.1 Å². The van der Waals surface area contributed by atoms with Crippen molar-refractivity contribution in [1.82, 2.24) is 4.98 Å². The monoisotopic (exact) mass is 193 g/mol. The van der Waals surface area contributed by atoms with Crippen molar-refractivity contribution >= 4 is 34.7 Å². The standard InChI is InChI=1S/C6H8ClNS2/c1-4(7)6-8-3-5(9-2)10-6/h3-4H,1-2H3. The highest BCUT2D eigenvalue weighted by Crippen LogP contribution is 2.29. The van der Waals surface area contributed by atoms with Crippen molar-refractivity contribution in [3.63, 3.8) is 0 Å². The highest BCUT2D eigenvalue weighted by atomic mass is 35.5. The van der Waals surface area contributed by atoms with Crippen LogP contribution in [0.3, 0.4) is 0 Å². The highest BCUT2D eigenvalue weighted by molar-refractivity contribution is 8.00. The normalized spacial score (nSPS) is 13.5. The Bertz CT molecular complexity index is 209. The van der Waals surface area contributed by atoms with Gasteiger partial charge in [-0.25, -0.2) is 4.98 Å². The minimum absolute atomic E-state index is 0.0471. The molecule has 1 heterocycles. The quantitative estimate of drug-likeness (QED) is 0.529. The number of alkyl halides is 1. The Morgan fingerprint density at radius 1 is 1.80 bits per heavy atom. The summed E-state index contributed by atoms with van der Waals surface area (Å²) in [5, 5.41) is 1.05. The van der Waals surface area contributed by atoms with E-state index in [4.69, 9.17) is 11.6 Å². The predicted octanol–water partition coefficient (Wildman–Crippen LogP) is 3.16. The second-order valence-corrected chi connectivity index (χ2v) is 4.66. The lowest BCUT2D eigenvalue weighted by molar-refractivity contribution is 1.05. The first kappa shape index (κ1) is 8.37. The van der Waals surface area contributed by atoms with Crippen LogP contribution in [0.2, 0.25) is 0 Å². The van der Waals surface area contributed by atoms with Crippen molar-refractivity contribution in [3.8, 4) is 0 Å². The molecule has 0 aromatic carbocycles. The van der Waals surface area contributed by atoms with Gasteiger partial charge < -0.3 is 0 Å². The Morgan fingerprint density at radius 3 is 2.80 bits per heavy atom. The molecule has 0 bridgehead atoms. The molecule has 1 aromatic rings. The van der Waals surface area contributed by atoms with Gasteiger partial charge >= 0.3 is 0 Å². The Hall–Kier alpha value is 0.270. The minimum atomic E-state index is 0.0471. The van der Waals surface area contributed by atoms with E-state index in [-0.39, 0.29) is 5.38 Å². The zero-order valence-electron chi connectivity index (χ0n) is 5.80. The second-order valence-electron chi connectivity index (χ2n) is 1.84. The number of rotatable bonds is 2. The molecule has 1 nitrogen and oxygen atoms in total. The van der Waals surface area contributed by atoms with E-state index in [0.717, 1.165) is 5.01 Å². The first-order chi connectivity index (χ1) is 4.74. The van der Waals surface area contributed by atoms with E-state index < -0.39 is 0 Å². The van der Waals surface area contributed by atoms with Gasteiger partial charge in [0.2, 0.25) is 0 Å². The number of aromatic nitrogens is 1. The van der Waals surface area contributed by atoms with Crippen LogP contribution in [0.1, 0.15) is 17.3 Å². The van der Waals surface area contributed by atoms with E-state index in [2.05, 4.69) is 4.98 Å². The van der Waals surface area contributed by atoms with Crippen molar-refractivity contribution in [1.29, 1.82) is 0 Å². The number of halogens is 1. The van der Waals surface area contributed by atoms with Gasteiger partial charge in [-0.3, -0.25) is 0 Å². The molecule has 0 fully saturated rings. The van der Waals surface area contributed by atoms with Crippen LogP contribution in [-0.4, -0.2) is 11.2 Å². The zero-order chi connectivity index (χ0) is 7.56. The maximum absolute atomic E-state index is 5.81. The molecule has 1 atom stereocenters. The van der Waals surface area contributed by atoms with Gasteiger partial charge in [-0.15, -0.1) is 34.7 Å². The fourth-order valence-electron chi connectivity index (χ4n) is 0.550. The Morgan fingerprint density at radius 2 is 2.50 bits per heavy atom. The van der Waals surface area contributed by atoms with Gasteiger partial charge in [0, 0.05) is 0 Å². The summed E-state index contributed by atoms with van der Waals surface area (Å²) in [7, 11) is 0. The van der Waals surface area contributed by atoms with E-state index in [1.165, 1.54) is 4.21 Å². The molecule has 1 rings (SSSR count). The van der Waals surface area contributed by atoms with Crippen LogP contribution in [0, 0.1) is 0 Å². The molecular weight excluding hydrogens is 186 g/mol. The molecule has 1 unspecified atom stereocenters. The second kappa shape index (κ2) is 3.60. The van der Waals surface area contributed by atoms with Crippen LogP contribution >= 0.6 is 34.7 Å². The molecule has 1 aromatic heterocycles. The maximum Gasteiger partial charge on any atom is 0.111 e. The Kier molecular flexibility index (Phi) is 3.01. The largest absolute Gasteiger partial charge is 0.247 e. The summed E-state index contributed by atoms with van der Waals surface area (Å²) in [6.45, 7) is 1.94. The van der Waals surface area contributed by atoms with Crippen LogP contribution in [0.15, 0.2) is 10.4 Å². The van der Waals surface area contributed by atoms with Gasteiger partial charge in [0.05, 0.1) is 15.8 Å². The van der Waals surface area contributed by atoms with Gasteiger partial charge in [0.25, 0.3) is 0 Å². The molecule has 0 aliphatic heterocycles. The highest BCUT2D eigenvalue weighted by Gasteiger charge is 2.05. The average molecular weight is 194 g/mol. The molecular formula is C6H8ClNS2. The topological polar surface area (TPSA) is 12.9 Å². The minimum Gasteiger partial charge on any atom is -0.247 e. The molecule has 4 heteroatoms.